The molecule has 0 bridgehead atoms. The molecule has 1 atom stereocenters. The lowest BCUT2D eigenvalue weighted by molar-refractivity contribution is 0.622. The molecule has 0 amide bonds. The minimum Gasteiger partial charge on any atom is -0.305 e. The van der Waals surface area contributed by atoms with Gasteiger partial charge in [0.2, 0.25) is 0 Å². The standard InChI is InChI=1S/C13H14Cl2N2S/c1-3-16-12(13-8(2)4-5-18-13)11-10(15)6-9(14)7-17-11/h4-7,12,16H,3H2,1-2H3. The van der Waals surface area contributed by atoms with Crippen LogP contribution >= 0.6 is 34.5 Å². The van der Waals surface area contributed by atoms with Crippen molar-refractivity contribution in [3.05, 3.63) is 49.9 Å². The zero-order chi connectivity index (χ0) is 13.1. The lowest BCUT2D eigenvalue weighted by Crippen LogP contribution is -2.23. The van der Waals surface area contributed by atoms with Crippen LogP contribution in [0.1, 0.15) is 29.1 Å². The van der Waals surface area contributed by atoms with Gasteiger partial charge in [-0.2, -0.15) is 0 Å². The fourth-order valence-corrected chi connectivity index (χ4v) is 3.33. The average Bonchev–Trinajstić information content (AvgIpc) is 2.73. The third-order valence-electron chi connectivity index (χ3n) is 2.68. The lowest BCUT2D eigenvalue weighted by atomic mass is 10.1. The van der Waals surface area contributed by atoms with Crippen LogP contribution in [0.3, 0.4) is 0 Å². The van der Waals surface area contributed by atoms with E-state index in [1.54, 1.807) is 23.6 Å². The van der Waals surface area contributed by atoms with E-state index in [4.69, 9.17) is 23.2 Å². The number of hydrogen-bond donors (Lipinski definition) is 1. The van der Waals surface area contributed by atoms with Gasteiger partial charge in [-0.15, -0.1) is 11.3 Å². The second-order valence-electron chi connectivity index (χ2n) is 3.98. The molecule has 18 heavy (non-hydrogen) atoms. The Hall–Kier alpha value is -0.610. The molecule has 2 aromatic heterocycles. The number of rotatable bonds is 4. The van der Waals surface area contributed by atoms with Gasteiger partial charge in [0, 0.05) is 11.1 Å². The minimum absolute atomic E-state index is 0.0276. The maximum atomic E-state index is 6.25. The topological polar surface area (TPSA) is 24.9 Å². The summed E-state index contributed by atoms with van der Waals surface area (Å²) in [4.78, 5) is 5.62. The van der Waals surface area contributed by atoms with Crippen molar-refractivity contribution in [3.63, 3.8) is 0 Å². The third-order valence-corrected chi connectivity index (χ3v) is 4.28. The van der Waals surface area contributed by atoms with Crippen molar-refractivity contribution in [1.82, 2.24) is 10.3 Å². The van der Waals surface area contributed by atoms with Crippen molar-refractivity contribution in [1.29, 1.82) is 0 Å². The molecule has 0 aliphatic rings. The molecule has 0 saturated heterocycles. The van der Waals surface area contributed by atoms with Gasteiger partial charge in [0.25, 0.3) is 0 Å². The van der Waals surface area contributed by atoms with Crippen LogP contribution in [0.2, 0.25) is 10.0 Å². The Morgan fingerprint density at radius 3 is 2.78 bits per heavy atom. The molecule has 0 aromatic carbocycles. The highest BCUT2D eigenvalue weighted by Crippen LogP contribution is 2.32. The van der Waals surface area contributed by atoms with Crippen LogP contribution in [0.25, 0.3) is 0 Å². The molecule has 0 radical (unpaired) electrons. The molecule has 0 spiro atoms. The number of halogens is 2. The Bertz CT molecular complexity index is 540. The first-order valence-electron chi connectivity index (χ1n) is 5.71. The normalized spacial score (nSPS) is 12.7. The molecule has 96 valence electrons. The smallest absolute Gasteiger partial charge is 0.0862 e. The van der Waals surface area contributed by atoms with Crippen molar-refractivity contribution in [2.45, 2.75) is 19.9 Å². The second kappa shape index (κ2) is 6.02. The predicted molar refractivity (Wildman–Crippen MR) is 78.8 cm³/mol. The molecule has 1 unspecified atom stereocenters. The number of nitrogens with zero attached hydrogens (tertiary/aromatic N) is 1. The van der Waals surface area contributed by atoms with Gasteiger partial charge in [-0.1, -0.05) is 30.1 Å². The quantitative estimate of drug-likeness (QED) is 0.902. The van der Waals surface area contributed by atoms with Gasteiger partial charge in [0.1, 0.15) is 0 Å². The number of aromatic nitrogens is 1. The van der Waals surface area contributed by atoms with Gasteiger partial charge in [-0.25, -0.2) is 0 Å². The van der Waals surface area contributed by atoms with E-state index in [1.807, 2.05) is 0 Å². The molecule has 0 aliphatic heterocycles. The molecule has 2 rings (SSSR count). The lowest BCUT2D eigenvalue weighted by Gasteiger charge is -2.18. The SMILES string of the molecule is CCNC(c1ncc(Cl)cc1Cl)c1sccc1C. The van der Waals surface area contributed by atoms with Crippen molar-refractivity contribution >= 4 is 34.5 Å². The van der Waals surface area contributed by atoms with Crippen molar-refractivity contribution in [2.75, 3.05) is 6.54 Å². The number of nitrogens with one attached hydrogen (secondary N) is 1. The van der Waals surface area contributed by atoms with Gasteiger partial charge < -0.3 is 5.32 Å². The summed E-state index contributed by atoms with van der Waals surface area (Å²) in [6.45, 7) is 5.02. The highest BCUT2D eigenvalue weighted by Gasteiger charge is 2.20. The summed E-state index contributed by atoms with van der Waals surface area (Å²) in [7, 11) is 0. The van der Waals surface area contributed by atoms with Crippen molar-refractivity contribution in [3.8, 4) is 0 Å². The Morgan fingerprint density at radius 1 is 1.44 bits per heavy atom. The summed E-state index contributed by atoms with van der Waals surface area (Å²) in [5.74, 6) is 0. The average molecular weight is 301 g/mol. The Kier molecular flexibility index (Phi) is 4.62. The number of pyridine rings is 1. The molecule has 5 heteroatoms. The van der Waals surface area contributed by atoms with Crippen LogP contribution in [0, 0.1) is 6.92 Å². The highest BCUT2D eigenvalue weighted by molar-refractivity contribution is 7.10. The monoisotopic (exact) mass is 300 g/mol. The van der Waals surface area contributed by atoms with Crippen LogP contribution in [0.5, 0.6) is 0 Å². The van der Waals surface area contributed by atoms with Crippen LogP contribution in [-0.2, 0) is 0 Å². The van der Waals surface area contributed by atoms with Crippen molar-refractivity contribution in [2.24, 2.45) is 0 Å². The molecule has 0 saturated carbocycles. The third kappa shape index (κ3) is 2.86. The maximum absolute atomic E-state index is 6.25. The van der Waals surface area contributed by atoms with E-state index in [1.165, 1.54) is 10.4 Å². The first-order chi connectivity index (χ1) is 8.63. The summed E-state index contributed by atoms with van der Waals surface area (Å²) in [6, 6.07) is 3.87. The van der Waals surface area contributed by atoms with E-state index in [0.29, 0.717) is 10.0 Å². The van der Waals surface area contributed by atoms with Crippen LogP contribution in [0.4, 0.5) is 0 Å². The van der Waals surface area contributed by atoms with Crippen LogP contribution in [-0.4, -0.2) is 11.5 Å². The molecular formula is C13H14Cl2N2S. The van der Waals surface area contributed by atoms with Gasteiger partial charge in [0.05, 0.1) is 21.8 Å². The zero-order valence-corrected chi connectivity index (χ0v) is 12.5. The summed E-state index contributed by atoms with van der Waals surface area (Å²) in [6.07, 6.45) is 1.63. The molecule has 2 nitrogen and oxygen atoms in total. The summed E-state index contributed by atoms with van der Waals surface area (Å²) in [5.41, 5.74) is 2.08. The molecular weight excluding hydrogens is 287 g/mol. The molecule has 2 aromatic rings. The summed E-state index contributed by atoms with van der Waals surface area (Å²) in [5, 5.41) is 6.66. The van der Waals surface area contributed by atoms with E-state index in [2.05, 4.69) is 35.6 Å². The Labute approximate surface area is 121 Å². The fourth-order valence-electron chi connectivity index (χ4n) is 1.84. The van der Waals surface area contributed by atoms with E-state index >= 15 is 0 Å². The molecule has 0 fully saturated rings. The maximum Gasteiger partial charge on any atom is 0.0862 e. The summed E-state index contributed by atoms with van der Waals surface area (Å²) < 4.78 is 0. The summed E-state index contributed by atoms with van der Waals surface area (Å²) >= 11 is 13.8. The first-order valence-corrected chi connectivity index (χ1v) is 7.35. The van der Waals surface area contributed by atoms with Crippen LogP contribution < -0.4 is 5.32 Å². The van der Waals surface area contributed by atoms with E-state index in [-0.39, 0.29) is 6.04 Å². The molecule has 1 N–H and O–H groups in total. The number of hydrogen-bond acceptors (Lipinski definition) is 3. The largest absolute Gasteiger partial charge is 0.305 e. The Morgan fingerprint density at radius 2 is 2.22 bits per heavy atom. The number of aryl methyl sites for hydroxylation is 1. The first kappa shape index (κ1) is 13.8. The van der Waals surface area contributed by atoms with E-state index < -0.39 is 0 Å². The van der Waals surface area contributed by atoms with Gasteiger partial charge in [-0.05, 0) is 36.5 Å². The predicted octanol–water partition coefficient (Wildman–Crippen LogP) is 4.46. The second-order valence-corrected chi connectivity index (χ2v) is 5.77. The van der Waals surface area contributed by atoms with Crippen molar-refractivity contribution < 1.29 is 0 Å². The highest BCUT2D eigenvalue weighted by atomic mass is 35.5. The fraction of sp³-hybridized carbons (Fsp3) is 0.308. The van der Waals surface area contributed by atoms with Gasteiger partial charge in [-0.3, -0.25) is 4.98 Å². The number of thiophene rings is 1. The van der Waals surface area contributed by atoms with E-state index in [0.717, 1.165) is 12.2 Å². The molecule has 2 heterocycles. The van der Waals surface area contributed by atoms with E-state index in [9.17, 15) is 0 Å². The van der Waals surface area contributed by atoms with Gasteiger partial charge in [0.15, 0.2) is 0 Å². The Balaban J connectivity index is 2.45. The zero-order valence-electron chi connectivity index (χ0n) is 10.2. The van der Waals surface area contributed by atoms with Crippen LogP contribution in [0.15, 0.2) is 23.7 Å². The van der Waals surface area contributed by atoms with Gasteiger partial charge >= 0.3 is 0 Å². The molecule has 0 aliphatic carbocycles. The minimum atomic E-state index is 0.0276.